The molecule has 6 nitrogen and oxygen atoms in total. The fourth-order valence-electron chi connectivity index (χ4n) is 1.43. The van der Waals surface area contributed by atoms with Crippen LogP contribution in [0.3, 0.4) is 0 Å². The molecule has 0 amide bonds. The van der Waals surface area contributed by atoms with Crippen LogP contribution in [0.15, 0.2) is 16.8 Å². The van der Waals surface area contributed by atoms with E-state index in [-0.39, 0.29) is 0 Å². The Labute approximate surface area is 110 Å². The third-order valence-corrected chi connectivity index (χ3v) is 3.09. The molecule has 3 N–H and O–H groups in total. The summed E-state index contributed by atoms with van der Waals surface area (Å²) in [5.41, 5.74) is 1.32. The minimum absolute atomic E-state index is 0.549. The van der Waals surface area contributed by atoms with Gasteiger partial charge in [-0.25, -0.2) is 0 Å². The fraction of sp³-hybridized carbons (Fsp3) is 0.364. The van der Waals surface area contributed by atoms with Crippen molar-refractivity contribution in [2.24, 2.45) is 0 Å². The van der Waals surface area contributed by atoms with Crippen LogP contribution in [0.5, 0.6) is 0 Å². The second-order valence-electron chi connectivity index (χ2n) is 3.61. The summed E-state index contributed by atoms with van der Waals surface area (Å²) in [5, 5.41) is 13.2. The summed E-state index contributed by atoms with van der Waals surface area (Å²) < 4.78 is 0. The summed E-state index contributed by atoms with van der Waals surface area (Å²) in [6, 6.07) is 2.12. The minimum Gasteiger partial charge on any atom is -0.357 e. The Hall–Kier alpha value is -1.89. The van der Waals surface area contributed by atoms with Crippen molar-refractivity contribution in [1.29, 1.82) is 0 Å². The Bertz CT molecular complexity index is 462. The molecule has 0 fully saturated rings. The number of hydrogen-bond acceptors (Lipinski definition) is 7. The highest BCUT2D eigenvalue weighted by molar-refractivity contribution is 7.07. The Morgan fingerprint density at radius 1 is 1.06 bits per heavy atom. The van der Waals surface area contributed by atoms with Gasteiger partial charge in [-0.1, -0.05) is 0 Å². The van der Waals surface area contributed by atoms with Crippen LogP contribution in [0.2, 0.25) is 0 Å². The summed E-state index contributed by atoms with van der Waals surface area (Å²) in [6.07, 6.45) is 0.957. The van der Waals surface area contributed by atoms with E-state index >= 15 is 0 Å². The van der Waals surface area contributed by atoms with Crippen LogP contribution < -0.4 is 16.0 Å². The zero-order valence-corrected chi connectivity index (χ0v) is 11.2. The van der Waals surface area contributed by atoms with Crippen molar-refractivity contribution in [3.05, 3.63) is 22.4 Å². The molecule has 18 heavy (non-hydrogen) atoms. The number of anilines is 3. The maximum Gasteiger partial charge on any atom is 0.229 e. The van der Waals surface area contributed by atoms with Crippen LogP contribution in [0.4, 0.5) is 17.8 Å². The molecule has 0 bridgehead atoms. The van der Waals surface area contributed by atoms with Gasteiger partial charge in [0, 0.05) is 20.6 Å². The van der Waals surface area contributed by atoms with Crippen LogP contribution >= 0.6 is 11.3 Å². The van der Waals surface area contributed by atoms with Crippen LogP contribution in [-0.4, -0.2) is 35.6 Å². The van der Waals surface area contributed by atoms with E-state index in [1.807, 2.05) is 0 Å². The zero-order chi connectivity index (χ0) is 12.8. The van der Waals surface area contributed by atoms with Crippen LogP contribution in [0.1, 0.15) is 5.56 Å². The molecule has 7 heteroatoms. The van der Waals surface area contributed by atoms with Crippen molar-refractivity contribution in [3.8, 4) is 0 Å². The SMILES string of the molecule is CNc1nc(NC)nc(NCCc2ccsc2)n1. The van der Waals surface area contributed by atoms with Gasteiger partial charge in [0.25, 0.3) is 0 Å². The van der Waals surface area contributed by atoms with Gasteiger partial charge in [0.1, 0.15) is 0 Å². The first-order valence-electron chi connectivity index (χ1n) is 5.68. The quantitative estimate of drug-likeness (QED) is 0.737. The molecule has 0 atom stereocenters. The van der Waals surface area contributed by atoms with E-state index < -0.39 is 0 Å². The van der Waals surface area contributed by atoms with Crippen LogP contribution in [0, 0.1) is 0 Å². The smallest absolute Gasteiger partial charge is 0.229 e. The van der Waals surface area contributed by atoms with Crippen molar-refractivity contribution in [2.75, 3.05) is 36.6 Å². The van der Waals surface area contributed by atoms with Gasteiger partial charge in [0.2, 0.25) is 17.8 Å². The molecule has 0 aliphatic heterocycles. The summed E-state index contributed by atoms with van der Waals surface area (Å²) in [4.78, 5) is 12.6. The van der Waals surface area contributed by atoms with Gasteiger partial charge in [-0.3, -0.25) is 0 Å². The molecular formula is C11H16N6S. The number of rotatable bonds is 6. The Balaban J connectivity index is 1.95. The fourth-order valence-corrected chi connectivity index (χ4v) is 2.14. The Morgan fingerprint density at radius 3 is 2.28 bits per heavy atom. The zero-order valence-electron chi connectivity index (χ0n) is 10.4. The summed E-state index contributed by atoms with van der Waals surface area (Å²) >= 11 is 1.71. The van der Waals surface area contributed by atoms with E-state index in [0.717, 1.165) is 13.0 Å². The Kier molecular flexibility index (Phi) is 4.30. The molecule has 0 aliphatic rings. The molecule has 2 heterocycles. The van der Waals surface area contributed by atoms with Crippen molar-refractivity contribution < 1.29 is 0 Å². The van der Waals surface area contributed by atoms with E-state index in [0.29, 0.717) is 17.8 Å². The predicted octanol–water partition coefficient (Wildman–Crippen LogP) is 1.67. The number of hydrogen-bond donors (Lipinski definition) is 3. The van der Waals surface area contributed by atoms with Gasteiger partial charge in [-0.05, 0) is 28.8 Å². The van der Waals surface area contributed by atoms with E-state index in [1.165, 1.54) is 5.56 Å². The third kappa shape index (κ3) is 3.30. The third-order valence-electron chi connectivity index (χ3n) is 2.36. The van der Waals surface area contributed by atoms with Gasteiger partial charge >= 0.3 is 0 Å². The largest absolute Gasteiger partial charge is 0.357 e. The van der Waals surface area contributed by atoms with Gasteiger partial charge in [-0.2, -0.15) is 26.3 Å². The normalized spacial score (nSPS) is 10.1. The number of aromatic nitrogens is 3. The lowest BCUT2D eigenvalue weighted by Gasteiger charge is -2.07. The van der Waals surface area contributed by atoms with Gasteiger partial charge in [-0.15, -0.1) is 0 Å². The molecule has 0 spiro atoms. The van der Waals surface area contributed by atoms with Gasteiger partial charge in [0.15, 0.2) is 0 Å². The monoisotopic (exact) mass is 264 g/mol. The molecular weight excluding hydrogens is 248 g/mol. The second-order valence-corrected chi connectivity index (χ2v) is 4.39. The first-order valence-corrected chi connectivity index (χ1v) is 6.62. The molecule has 0 saturated carbocycles. The van der Waals surface area contributed by atoms with Crippen molar-refractivity contribution in [2.45, 2.75) is 6.42 Å². The maximum atomic E-state index is 4.24. The summed E-state index contributed by atoms with van der Waals surface area (Å²) in [6.45, 7) is 0.799. The lowest BCUT2D eigenvalue weighted by atomic mass is 10.2. The van der Waals surface area contributed by atoms with Crippen LogP contribution in [0.25, 0.3) is 0 Å². The van der Waals surface area contributed by atoms with Crippen LogP contribution in [-0.2, 0) is 6.42 Å². The lowest BCUT2D eigenvalue weighted by Crippen LogP contribution is -2.11. The summed E-state index contributed by atoms with van der Waals surface area (Å²) in [5.74, 6) is 1.67. The maximum absolute atomic E-state index is 4.24. The van der Waals surface area contributed by atoms with Gasteiger partial charge in [0.05, 0.1) is 0 Å². The molecule has 2 aromatic rings. The van der Waals surface area contributed by atoms with Crippen molar-refractivity contribution >= 4 is 29.2 Å². The van der Waals surface area contributed by atoms with E-state index in [4.69, 9.17) is 0 Å². The highest BCUT2D eigenvalue weighted by Gasteiger charge is 2.03. The molecule has 2 rings (SSSR count). The van der Waals surface area contributed by atoms with E-state index in [1.54, 1.807) is 25.4 Å². The molecule has 0 unspecified atom stereocenters. The molecule has 0 saturated heterocycles. The highest BCUT2D eigenvalue weighted by atomic mass is 32.1. The molecule has 2 aromatic heterocycles. The highest BCUT2D eigenvalue weighted by Crippen LogP contribution is 2.09. The number of thiophene rings is 1. The molecule has 96 valence electrons. The Morgan fingerprint density at radius 2 is 1.72 bits per heavy atom. The average Bonchev–Trinajstić information content (AvgIpc) is 2.91. The number of nitrogens with zero attached hydrogens (tertiary/aromatic N) is 3. The molecule has 0 radical (unpaired) electrons. The average molecular weight is 264 g/mol. The molecule has 0 aliphatic carbocycles. The standard InChI is InChI=1S/C11H16N6S/c1-12-9-15-10(13-2)17-11(16-9)14-5-3-8-4-6-18-7-8/h4,6-7H,3,5H2,1-2H3,(H3,12,13,14,15,16,17). The first kappa shape index (κ1) is 12.6. The topological polar surface area (TPSA) is 74.8 Å². The number of nitrogens with one attached hydrogen (secondary N) is 3. The van der Waals surface area contributed by atoms with Crippen molar-refractivity contribution in [1.82, 2.24) is 15.0 Å². The van der Waals surface area contributed by atoms with E-state index in [2.05, 4.69) is 47.7 Å². The lowest BCUT2D eigenvalue weighted by molar-refractivity contribution is 0.968. The van der Waals surface area contributed by atoms with Gasteiger partial charge < -0.3 is 16.0 Å². The first-order chi connectivity index (χ1) is 8.81. The molecule has 0 aromatic carbocycles. The van der Waals surface area contributed by atoms with Crippen molar-refractivity contribution in [3.63, 3.8) is 0 Å². The van der Waals surface area contributed by atoms with E-state index in [9.17, 15) is 0 Å². The minimum atomic E-state index is 0.549. The predicted molar refractivity (Wildman–Crippen MR) is 75.4 cm³/mol. The summed E-state index contributed by atoms with van der Waals surface area (Å²) in [7, 11) is 3.56. The second kappa shape index (κ2) is 6.15.